The number of para-hydroxylation sites is 1. The van der Waals surface area contributed by atoms with Crippen molar-refractivity contribution in [2.45, 2.75) is 6.54 Å². The highest BCUT2D eigenvalue weighted by atomic mass is 35.5. The second kappa shape index (κ2) is 6.86. The van der Waals surface area contributed by atoms with Gasteiger partial charge in [0.15, 0.2) is 0 Å². The van der Waals surface area contributed by atoms with Crippen LogP contribution >= 0.6 is 23.2 Å². The Kier molecular flexibility index (Phi) is 4.65. The monoisotopic (exact) mass is 345 g/mol. The summed E-state index contributed by atoms with van der Waals surface area (Å²) in [5, 5.41) is 7.71. The Labute approximate surface area is 143 Å². The molecule has 0 atom stereocenters. The van der Waals surface area contributed by atoms with Gasteiger partial charge in [0.25, 0.3) is 5.91 Å². The molecule has 116 valence electrons. The molecule has 23 heavy (non-hydrogen) atoms. The lowest BCUT2D eigenvalue weighted by molar-refractivity contribution is 0.0951. The van der Waals surface area contributed by atoms with E-state index in [9.17, 15) is 4.79 Å². The molecule has 0 unspecified atom stereocenters. The molecule has 0 bridgehead atoms. The number of halogens is 2. The second-order valence-corrected chi connectivity index (χ2v) is 5.70. The highest BCUT2D eigenvalue weighted by Crippen LogP contribution is 2.25. The SMILES string of the molecule is O=C(NCc1cnn(-c2ccccc2)c1)c1cccc(Cl)c1Cl. The van der Waals surface area contributed by atoms with Crippen LogP contribution in [0, 0.1) is 0 Å². The quantitative estimate of drug-likeness (QED) is 0.773. The maximum atomic E-state index is 12.2. The lowest BCUT2D eigenvalue weighted by Crippen LogP contribution is -2.22. The molecule has 6 heteroatoms. The van der Waals surface area contributed by atoms with Crippen LogP contribution < -0.4 is 5.32 Å². The third-order valence-corrected chi connectivity index (χ3v) is 4.12. The fourth-order valence-electron chi connectivity index (χ4n) is 2.13. The highest BCUT2D eigenvalue weighted by molar-refractivity contribution is 6.43. The molecular formula is C17H13Cl2N3O. The molecule has 3 rings (SSSR count). The molecule has 0 spiro atoms. The van der Waals surface area contributed by atoms with E-state index in [-0.39, 0.29) is 10.9 Å². The van der Waals surface area contributed by atoms with Gasteiger partial charge in [0.2, 0.25) is 0 Å². The molecular weight excluding hydrogens is 333 g/mol. The summed E-state index contributed by atoms with van der Waals surface area (Å²) < 4.78 is 1.76. The van der Waals surface area contributed by atoms with Crippen molar-refractivity contribution in [2.75, 3.05) is 0 Å². The number of carbonyl (C=O) groups excluding carboxylic acids is 1. The molecule has 0 saturated carbocycles. The lowest BCUT2D eigenvalue weighted by Gasteiger charge is -2.06. The van der Waals surface area contributed by atoms with E-state index in [0.717, 1.165) is 11.3 Å². The minimum atomic E-state index is -0.273. The first-order valence-corrected chi connectivity index (χ1v) is 7.72. The Morgan fingerprint density at radius 1 is 1.09 bits per heavy atom. The summed E-state index contributed by atoms with van der Waals surface area (Å²) in [5.41, 5.74) is 2.21. The summed E-state index contributed by atoms with van der Waals surface area (Å²) in [7, 11) is 0. The Hall–Kier alpha value is -2.30. The van der Waals surface area contributed by atoms with E-state index in [0.29, 0.717) is 17.1 Å². The first-order chi connectivity index (χ1) is 11.1. The molecule has 0 aliphatic rings. The molecule has 0 radical (unpaired) electrons. The highest BCUT2D eigenvalue weighted by Gasteiger charge is 2.12. The minimum absolute atomic E-state index is 0.256. The summed E-state index contributed by atoms with van der Waals surface area (Å²) in [6.45, 7) is 0.356. The van der Waals surface area contributed by atoms with Crippen molar-refractivity contribution < 1.29 is 4.79 Å². The Morgan fingerprint density at radius 2 is 1.87 bits per heavy atom. The number of nitrogens with zero attached hydrogens (tertiary/aromatic N) is 2. The standard InChI is InChI=1S/C17H13Cl2N3O/c18-15-8-4-7-14(16(15)19)17(23)20-9-12-10-21-22(11-12)13-5-2-1-3-6-13/h1-8,10-11H,9H2,(H,20,23). The number of aromatic nitrogens is 2. The zero-order valence-electron chi connectivity index (χ0n) is 12.0. The smallest absolute Gasteiger partial charge is 0.253 e. The molecule has 4 nitrogen and oxygen atoms in total. The van der Waals surface area contributed by atoms with Gasteiger partial charge in [-0.25, -0.2) is 4.68 Å². The molecule has 1 N–H and O–H groups in total. The Balaban J connectivity index is 1.68. The van der Waals surface area contributed by atoms with Gasteiger partial charge in [-0.1, -0.05) is 47.5 Å². The third-order valence-electron chi connectivity index (χ3n) is 3.31. The Bertz CT molecular complexity index is 831. The van der Waals surface area contributed by atoms with Gasteiger partial charge in [-0.3, -0.25) is 4.79 Å². The molecule has 0 aliphatic heterocycles. The van der Waals surface area contributed by atoms with Gasteiger partial charge < -0.3 is 5.32 Å². The van der Waals surface area contributed by atoms with E-state index in [1.165, 1.54) is 0 Å². The Morgan fingerprint density at radius 3 is 2.65 bits per heavy atom. The summed E-state index contributed by atoms with van der Waals surface area (Å²) in [5.74, 6) is -0.273. The van der Waals surface area contributed by atoms with E-state index < -0.39 is 0 Å². The molecule has 2 aromatic carbocycles. The van der Waals surface area contributed by atoms with Crippen LogP contribution in [0.5, 0.6) is 0 Å². The molecule has 3 aromatic rings. The molecule has 1 heterocycles. The van der Waals surface area contributed by atoms with Crippen LogP contribution in [0.2, 0.25) is 10.0 Å². The second-order valence-electron chi connectivity index (χ2n) is 4.91. The molecule has 0 aliphatic carbocycles. The number of benzene rings is 2. The van der Waals surface area contributed by atoms with Crippen molar-refractivity contribution >= 4 is 29.1 Å². The van der Waals surface area contributed by atoms with E-state index in [1.54, 1.807) is 29.1 Å². The van der Waals surface area contributed by atoms with Crippen molar-refractivity contribution in [3.63, 3.8) is 0 Å². The number of carbonyl (C=O) groups is 1. The number of rotatable bonds is 4. The van der Waals surface area contributed by atoms with Crippen molar-refractivity contribution in [2.24, 2.45) is 0 Å². The van der Waals surface area contributed by atoms with Crippen LogP contribution in [0.15, 0.2) is 60.9 Å². The van der Waals surface area contributed by atoms with Crippen LogP contribution in [0.3, 0.4) is 0 Å². The van der Waals surface area contributed by atoms with Gasteiger partial charge in [-0.15, -0.1) is 0 Å². The van der Waals surface area contributed by atoms with Crippen LogP contribution in [-0.4, -0.2) is 15.7 Å². The number of hydrogen-bond acceptors (Lipinski definition) is 2. The first-order valence-electron chi connectivity index (χ1n) is 6.96. The van der Waals surface area contributed by atoms with Crippen LogP contribution in [0.25, 0.3) is 5.69 Å². The molecule has 0 saturated heterocycles. The van der Waals surface area contributed by atoms with Gasteiger partial charge in [-0.2, -0.15) is 5.10 Å². The van der Waals surface area contributed by atoms with Gasteiger partial charge in [0, 0.05) is 18.3 Å². The fraction of sp³-hybridized carbons (Fsp3) is 0.0588. The maximum Gasteiger partial charge on any atom is 0.253 e. The normalized spacial score (nSPS) is 10.5. The molecule has 0 fully saturated rings. The van der Waals surface area contributed by atoms with Gasteiger partial charge >= 0.3 is 0 Å². The number of amides is 1. The van der Waals surface area contributed by atoms with Crippen LogP contribution in [-0.2, 0) is 6.54 Å². The van der Waals surface area contributed by atoms with Gasteiger partial charge in [0.05, 0.1) is 27.5 Å². The van der Waals surface area contributed by atoms with Crippen LogP contribution in [0.4, 0.5) is 0 Å². The van der Waals surface area contributed by atoms with Gasteiger partial charge in [0.1, 0.15) is 0 Å². The van der Waals surface area contributed by atoms with Crippen molar-refractivity contribution in [1.29, 1.82) is 0 Å². The van der Waals surface area contributed by atoms with Crippen molar-refractivity contribution in [3.05, 3.63) is 82.1 Å². The largest absolute Gasteiger partial charge is 0.348 e. The average Bonchev–Trinajstić information content (AvgIpc) is 3.05. The molecule has 1 amide bonds. The predicted molar refractivity (Wildman–Crippen MR) is 91.2 cm³/mol. The van der Waals surface area contributed by atoms with E-state index >= 15 is 0 Å². The maximum absolute atomic E-state index is 12.2. The number of nitrogens with one attached hydrogen (secondary N) is 1. The predicted octanol–water partition coefficient (Wildman–Crippen LogP) is 4.11. The molecule has 1 aromatic heterocycles. The fourth-order valence-corrected chi connectivity index (χ4v) is 2.52. The zero-order chi connectivity index (χ0) is 16.2. The minimum Gasteiger partial charge on any atom is -0.348 e. The van der Waals surface area contributed by atoms with Crippen molar-refractivity contribution in [3.8, 4) is 5.69 Å². The van der Waals surface area contributed by atoms with E-state index in [1.807, 2.05) is 36.5 Å². The summed E-state index contributed by atoms with van der Waals surface area (Å²) in [6, 6.07) is 14.7. The van der Waals surface area contributed by atoms with Crippen LogP contribution in [0.1, 0.15) is 15.9 Å². The summed E-state index contributed by atoms with van der Waals surface area (Å²) >= 11 is 12.0. The first kappa shape index (κ1) is 15.6. The zero-order valence-corrected chi connectivity index (χ0v) is 13.6. The average molecular weight is 346 g/mol. The van der Waals surface area contributed by atoms with Gasteiger partial charge in [-0.05, 0) is 24.3 Å². The topological polar surface area (TPSA) is 46.9 Å². The lowest BCUT2D eigenvalue weighted by atomic mass is 10.2. The van der Waals surface area contributed by atoms with Crippen molar-refractivity contribution in [1.82, 2.24) is 15.1 Å². The number of hydrogen-bond donors (Lipinski definition) is 1. The van der Waals surface area contributed by atoms with E-state index in [4.69, 9.17) is 23.2 Å². The third kappa shape index (κ3) is 3.55. The summed E-state index contributed by atoms with van der Waals surface area (Å²) in [6.07, 6.45) is 3.59. The summed E-state index contributed by atoms with van der Waals surface area (Å²) in [4.78, 5) is 12.2. The van der Waals surface area contributed by atoms with E-state index in [2.05, 4.69) is 10.4 Å².